The molecular formula is C11H11NO5. The van der Waals surface area contributed by atoms with Crippen molar-refractivity contribution < 1.29 is 19.6 Å². The number of rotatable bonds is 3. The van der Waals surface area contributed by atoms with Crippen LogP contribution in [0, 0.1) is 16.0 Å². The first-order chi connectivity index (χ1) is 8.09. The lowest BCUT2D eigenvalue weighted by atomic mass is 9.95. The monoisotopic (exact) mass is 237 g/mol. The van der Waals surface area contributed by atoms with Crippen LogP contribution in [0.25, 0.3) is 0 Å². The number of hydrogen-bond acceptors (Lipinski definition) is 4. The molecule has 1 heterocycles. The zero-order valence-corrected chi connectivity index (χ0v) is 8.91. The summed E-state index contributed by atoms with van der Waals surface area (Å²) >= 11 is 0. The number of hydrogen-bond donors (Lipinski definition) is 1. The van der Waals surface area contributed by atoms with Crippen molar-refractivity contribution in [1.29, 1.82) is 0 Å². The van der Waals surface area contributed by atoms with Crippen molar-refractivity contribution in [2.24, 2.45) is 5.92 Å². The molecule has 1 aliphatic heterocycles. The number of nitro groups is 1. The molecule has 0 aromatic heterocycles. The highest BCUT2D eigenvalue weighted by Gasteiger charge is 2.35. The van der Waals surface area contributed by atoms with Gasteiger partial charge in [-0.3, -0.25) is 14.9 Å². The highest BCUT2D eigenvalue weighted by atomic mass is 16.6. The highest BCUT2D eigenvalue weighted by molar-refractivity contribution is 5.71. The Balaban J connectivity index is 2.22. The van der Waals surface area contributed by atoms with Gasteiger partial charge >= 0.3 is 5.97 Å². The number of non-ortho nitro benzene ring substituents is 1. The summed E-state index contributed by atoms with van der Waals surface area (Å²) in [5, 5.41) is 19.5. The minimum atomic E-state index is -0.897. The van der Waals surface area contributed by atoms with E-state index in [9.17, 15) is 14.9 Å². The van der Waals surface area contributed by atoms with Crippen LogP contribution in [0.1, 0.15) is 18.1 Å². The van der Waals surface area contributed by atoms with Crippen molar-refractivity contribution in [3.8, 4) is 0 Å². The predicted molar refractivity (Wildman–Crippen MR) is 57.5 cm³/mol. The number of nitro benzene ring substituents is 1. The van der Waals surface area contributed by atoms with Gasteiger partial charge in [0.1, 0.15) is 0 Å². The van der Waals surface area contributed by atoms with E-state index >= 15 is 0 Å². The number of aliphatic carboxylic acids is 1. The first kappa shape index (κ1) is 11.5. The van der Waals surface area contributed by atoms with Gasteiger partial charge in [-0.2, -0.15) is 0 Å². The van der Waals surface area contributed by atoms with Gasteiger partial charge in [0.05, 0.1) is 16.9 Å². The SMILES string of the molecule is O=C(O)C1CCOC1c1ccc([N+](=O)[O-])cc1. The highest BCUT2D eigenvalue weighted by Crippen LogP contribution is 2.35. The van der Waals surface area contributed by atoms with E-state index in [4.69, 9.17) is 9.84 Å². The summed E-state index contributed by atoms with van der Waals surface area (Å²) in [6.07, 6.45) is -0.0370. The fourth-order valence-electron chi connectivity index (χ4n) is 1.96. The molecule has 1 N–H and O–H groups in total. The van der Waals surface area contributed by atoms with Crippen LogP contribution < -0.4 is 0 Å². The van der Waals surface area contributed by atoms with E-state index in [1.165, 1.54) is 12.1 Å². The van der Waals surface area contributed by atoms with Crippen LogP contribution in [-0.2, 0) is 9.53 Å². The summed E-state index contributed by atoms with van der Waals surface area (Å²) in [7, 11) is 0. The molecule has 2 unspecified atom stereocenters. The average Bonchev–Trinajstić information content (AvgIpc) is 2.78. The van der Waals surface area contributed by atoms with Crippen molar-refractivity contribution in [2.45, 2.75) is 12.5 Å². The number of carboxylic acid groups (broad SMARTS) is 1. The van der Waals surface area contributed by atoms with E-state index in [2.05, 4.69) is 0 Å². The second kappa shape index (κ2) is 4.50. The zero-order valence-electron chi connectivity index (χ0n) is 8.91. The summed E-state index contributed by atoms with van der Waals surface area (Å²) in [6.45, 7) is 0.401. The molecule has 2 atom stereocenters. The van der Waals surface area contributed by atoms with E-state index < -0.39 is 22.9 Å². The van der Waals surface area contributed by atoms with Crippen LogP contribution in [0.3, 0.4) is 0 Å². The van der Waals surface area contributed by atoms with E-state index in [0.29, 0.717) is 18.6 Å². The van der Waals surface area contributed by atoms with Crippen molar-refractivity contribution in [2.75, 3.05) is 6.61 Å². The third-order valence-electron chi connectivity index (χ3n) is 2.84. The lowest BCUT2D eigenvalue weighted by Crippen LogP contribution is -2.17. The van der Waals surface area contributed by atoms with Gasteiger partial charge in [-0.25, -0.2) is 0 Å². The minimum absolute atomic E-state index is 0.0152. The Bertz CT molecular complexity index is 442. The number of carboxylic acids is 1. The molecule has 0 saturated carbocycles. The maximum atomic E-state index is 11.0. The third kappa shape index (κ3) is 2.26. The lowest BCUT2D eigenvalue weighted by Gasteiger charge is -2.14. The first-order valence-electron chi connectivity index (χ1n) is 5.18. The molecular weight excluding hydrogens is 226 g/mol. The number of benzene rings is 1. The molecule has 6 nitrogen and oxygen atoms in total. The van der Waals surface area contributed by atoms with Gasteiger partial charge < -0.3 is 9.84 Å². The van der Waals surface area contributed by atoms with Crippen LogP contribution in [0.5, 0.6) is 0 Å². The van der Waals surface area contributed by atoms with Crippen molar-refractivity contribution in [3.05, 3.63) is 39.9 Å². The molecule has 90 valence electrons. The lowest BCUT2D eigenvalue weighted by molar-refractivity contribution is -0.384. The Morgan fingerprint density at radius 3 is 2.59 bits per heavy atom. The largest absolute Gasteiger partial charge is 0.481 e. The van der Waals surface area contributed by atoms with Crippen LogP contribution in [0.4, 0.5) is 5.69 Å². The van der Waals surface area contributed by atoms with Crippen molar-refractivity contribution in [1.82, 2.24) is 0 Å². The van der Waals surface area contributed by atoms with Gasteiger partial charge in [0, 0.05) is 18.7 Å². The molecule has 1 aromatic carbocycles. The Morgan fingerprint density at radius 2 is 2.06 bits per heavy atom. The zero-order chi connectivity index (χ0) is 12.4. The summed E-state index contributed by atoms with van der Waals surface area (Å²) < 4.78 is 5.36. The Hall–Kier alpha value is -1.95. The van der Waals surface area contributed by atoms with Gasteiger partial charge in [-0.1, -0.05) is 0 Å². The summed E-state index contributed by atoms with van der Waals surface area (Å²) in [6, 6.07) is 5.81. The molecule has 0 spiro atoms. The smallest absolute Gasteiger partial charge is 0.309 e. The van der Waals surface area contributed by atoms with E-state index in [1.54, 1.807) is 12.1 Å². The van der Waals surface area contributed by atoms with E-state index in [-0.39, 0.29) is 5.69 Å². The Morgan fingerprint density at radius 1 is 1.41 bits per heavy atom. The number of carbonyl (C=O) groups is 1. The second-order valence-corrected chi connectivity index (χ2v) is 3.87. The van der Waals surface area contributed by atoms with Crippen LogP contribution in [0.15, 0.2) is 24.3 Å². The molecule has 1 aromatic rings. The topological polar surface area (TPSA) is 89.7 Å². The predicted octanol–water partition coefficient (Wildman–Crippen LogP) is 1.76. The van der Waals surface area contributed by atoms with Gasteiger partial charge in [-0.15, -0.1) is 0 Å². The Labute approximate surface area is 97.0 Å². The molecule has 2 rings (SSSR count). The summed E-state index contributed by atoms with van der Waals surface area (Å²) in [5.41, 5.74) is 0.652. The van der Waals surface area contributed by atoms with Gasteiger partial charge in [0.25, 0.3) is 5.69 Å². The van der Waals surface area contributed by atoms with E-state index in [1.807, 2.05) is 0 Å². The number of nitrogens with zero attached hydrogens (tertiary/aromatic N) is 1. The van der Waals surface area contributed by atoms with Gasteiger partial charge in [0.2, 0.25) is 0 Å². The fraction of sp³-hybridized carbons (Fsp3) is 0.364. The molecule has 0 aliphatic carbocycles. The first-order valence-corrected chi connectivity index (χ1v) is 5.18. The quantitative estimate of drug-likeness (QED) is 0.639. The fourth-order valence-corrected chi connectivity index (χ4v) is 1.96. The molecule has 1 aliphatic rings. The van der Waals surface area contributed by atoms with Gasteiger partial charge in [-0.05, 0) is 24.1 Å². The molecule has 0 radical (unpaired) electrons. The standard InChI is InChI=1S/C11H11NO5/c13-11(14)9-5-6-17-10(9)7-1-3-8(4-2-7)12(15)16/h1-4,9-10H,5-6H2,(H,13,14). The summed E-state index contributed by atoms with van der Waals surface area (Å²) in [4.78, 5) is 21.0. The average molecular weight is 237 g/mol. The normalized spacial score (nSPS) is 23.5. The Kier molecular flexibility index (Phi) is 3.06. The molecule has 1 fully saturated rings. The van der Waals surface area contributed by atoms with Gasteiger partial charge in [0.15, 0.2) is 0 Å². The van der Waals surface area contributed by atoms with Crippen LogP contribution in [-0.4, -0.2) is 22.6 Å². The van der Waals surface area contributed by atoms with E-state index in [0.717, 1.165) is 0 Å². The third-order valence-corrected chi connectivity index (χ3v) is 2.84. The molecule has 0 bridgehead atoms. The maximum absolute atomic E-state index is 11.0. The maximum Gasteiger partial charge on any atom is 0.309 e. The molecule has 0 amide bonds. The van der Waals surface area contributed by atoms with Crippen molar-refractivity contribution in [3.63, 3.8) is 0 Å². The molecule has 6 heteroatoms. The van der Waals surface area contributed by atoms with Crippen molar-refractivity contribution >= 4 is 11.7 Å². The minimum Gasteiger partial charge on any atom is -0.481 e. The summed E-state index contributed by atoms with van der Waals surface area (Å²) in [5.74, 6) is -1.47. The number of ether oxygens (including phenoxy) is 1. The molecule has 17 heavy (non-hydrogen) atoms. The van der Waals surface area contributed by atoms with Crippen LogP contribution >= 0.6 is 0 Å². The van der Waals surface area contributed by atoms with Crippen LogP contribution in [0.2, 0.25) is 0 Å². The molecule has 1 saturated heterocycles. The second-order valence-electron chi connectivity index (χ2n) is 3.87.